The van der Waals surface area contributed by atoms with Crippen LogP contribution in [0.25, 0.3) is 0 Å². The Morgan fingerprint density at radius 2 is 2.23 bits per heavy atom. The van der Waals surface area contributed by atoms with E-state index in [1.165, 1.54) is 0 Å². The van der Waals surface area contributed by atoms with Crippen molar-refractivity contribution in [3.05, 3.63) is 29.3 Å². The number of urea groups is 1. The Hall–Kier alpha value is -1.55. The monoisotopic (exact) mass is 179 g/mol. The van der Waals surface area contributed by atoms with Crippen molar-refractivity contribution in [1.82, 2.24) is 0 Å². The van der Waals surface area contributed by atoms with Gasteiger partial charge in [-0.05, 0) is 24.1 Å². The Bertz CT molecular complexity index is 323. The molecule has 1 aromatic rings. The lowest BCUT2D eigenvalue weighted by Crippen LogP contribution is -2.20. The average molecular weight is 179 g/mol. The predicted molar refractivity (Wildman–Crippen MR) is 52.3 cm³/mol. The molecule has 1 aromatic carbocycles. The van der Waals surface area contributed by atoms with E-state index in [1.807, 2.05) is 25.1 Å². The second-order valence-corrected chi connectivity index (χ2v) is 2.84. The molecule has 0 fully saturated rings. The minimum absolute atomic E-state index is 0.452. The summed E-state index contributed by atoms with van der Waals surface area (Å²) in [6.45, 7) is 2.35. The number of hydrogen-bond donors (Lipinski definition) is 3. The summed E-state index contributed by atoms with van der Waals surface area (Å²) in [5.41, 5.74) is 13.1. The Labute approximate surface area is 76.9 Å². The number of aryl methyl sites for hydroxylation is 1. The van der Waals surface area contributed by atoms with Gasteiger partial charge in [0.15, 0.2) is 0 Å². The molecule has 0 saturated heterocycles. The fourth-order valence-electron chi connectivity index (χ4n) is 1.06. The summed E-state index contributed by atoms with van der Waals surface area (Å²) in [6, 6.07) is 5.08. The largest absolute Gasteiger partial charge is 0.351 e. The van der Waals surface area contributed by atoms with Crippen molar-refractivity contribution in [1.29, 1.82) is 0 Å². The molecule has 4 nitrogen and oxygen atoms in total. The summed E-state index contributed by atoms with van der Waals surface area (Å²) in [7, 11) is 0. The first kappa shape index (κ1) is 9.54. The van der Waals surface area contributed by atoms with Crippen LogP contribution in [0.2, 0.25) is 0 Å². The Morgan fingerprint density at radius 3 is 2.77 bits per heavy atom. The first-order chi connectivity index (χ1) is 6.13. The first-order valence-electron chi connectivity index (χ1n) is 3.99. The molecule has 4 heteroatoms. The highest BCUT2D eigenvalue weighted by atomic mass is 16.2. The van der Waals surface area contributed by atoms with Gasteiger partial charge in [-0.2, -0.15) is 0 Å². The predicted octanol–water partition coefficient (Wildman–Crippen LogP) is 0.944. The quantitative estimate of drug-likeness (QED) is 0.631. The lowest BCUT2D eigenvalue weighted by atomic mass is 10.1. The second kappa shape index (κ2) is 3.91. The lowest BCUT2D eigenvalue weighted by Gasteiger charge is -2.07. The van der Waals surface area contributed by atoms with Gasteiger partial charge in [0.1, 0.15) is 0 Å². The number of nitrogens with one attached hydrogen (secondary N) is 1. The van der Waals surface area contributed by atoms with Crippen molar-refractivity contribution in [2.75, 3.05) is 5.32 Å². The highest BCUT2D eigenvalue weighted by molar-refractivity contribution is 5.88. The molecule has 70 valence electrons. The molecule has 0 aromatic heterocycles. The molecule has 2 amide bonds. The number of anilines is 1. The van der Waals surface area contributed by atoms with Crippen LogP contribution in [0.4, 0.5) is 10.5 Å². The fraction of sp³-hybridized carbons (Fsp3) is 0.222. The van der Waals surface area contributed by atoms with Gasteiger partial charge in [0.25, 0.3) is 0 Å². The maximum absolute atomic E-state index is 10.6. The number of primary amides is 1. The van der Waals surface area contributed by atoms with Gasteiger partial charge >= 0.3 is 6.03 Å². The summed E-state index contributed by atoms with van der Waals surface area (Å²) >= 11 is 0. The lowest BCUT2D eigenvalue weighted by molar-refractivity contribution is 0.259. The van der Waals surface area contributed by atoms with E-state index in [0.29, 0.717) is 6.54 Å². The summed E-state index contributed by atoms with van der Waals surface area (Å²) < 4.78 is 0. The van der Waals surface area contributed by atoms with Crippen molar-refractivity contribution >= 4 is 11.7 Å². The van der Waals surface area contributed by atoms with Gasteiger partial charge in [-0.15, -0.1) is 0 Å². The van der Waals surface area contributed by atoms with E-state index < -0.39 is 6.03 Å². The van der Waals surface area contributed by atoms with E-state index >= 15 is 0 Å². The Morgan fingerprint density at radius 1 is 1.54 bits per heavy atom. The number of carbonyl (C=O) groups is 1. The van der Waals surface area contributed by atoms with E-state index in [1.54, 1.807) is 0 Å². The molecular weight excluding hydrogens is 166 g/mol. The molecule has 0 aliphatic carbocycles. The van der Waals surface area contributed by atoms with Crippen molar-refractivity contribution in [3.63, 3.8) is 0 Å². The summed E-state index contributed by atoms with van der Waals surface area (Å²) in [5, 5.41) is 2.53. The highest BCUT2D eigenvalue weighted by Crippen LogP contribution is 2.16. The van der Waals surface area contributed by atoms with Crippen LogP contribution < -0.4 is 16.8 Å². The maximum atomic E-state index is 10.6. The van der Waals surface area contributed by atoms with Gasteiger partial charge in [-0.3, -0.25) is 0 Å². The molecular formula is C9H13N3O. The van der Waals surface area contributed by atoms with Crippen molar-refractivity contribution in [2.45, 2.75) is 13.5 Å². The summed E-state index contributed by atoms with van der Waals surface area (Å²) in [4.78, 5) is 10.6. The SMILES string of the molecule is Cc1ccc(CN)cc1NC(N)=O. The molecule has 13 heavy (non-hydrogen) atoms. The van der Waals surface area contributed by atoms with E-state index in [2.05, 4.69) is 5.32 Å². The number of rotatable bonds is 2. The summed E-state index contributed by atoms with van der Waals surface area (Å²) in [5.74, 6) is 0. The van der Waals surface area contributed by atoms with Crippen molar-refractivity contribution in [3.8, 4) is 0 Å². The van der Waals surface area contributed by atoms with E-state index in [4.69, 9.17) is 11.5 Å². The normalized spacial score (nSPS) is 9.69. The third-order valence-corrected chi connectivity index (χ3v) is 1.80. The van der Waals surface area contributed by atoms with Crippen LogP contribution in [0.5, 0.6) is 0 Å². The highest BCUT2D eigenvalue weighted by Gasteiger charge is 2.00. The van der Waals surface area contributed by atoms with Gasteiger partial charge in [0.05, 0.1) is 0 Å². The van der Waals surface area contributed by atoms with Gasteiger partial charge in [-0.25, -0.2) is 4.79 Å². The van der Waals surface area contributed by atoms with Crippen LogP contribution in [-0.4, -0.2) is 6.03 Å². The fourth-order valence-corrected chi connectivity index (χ4v) is 1.06. The van der Waals surface area contributed by atoms with E-state index in [-0.39, 0.29) is 0 Å². The number of amides is 2. The zero-order valence-electron chi connectivity index (χ0n) is 7.50. The number of carbonyl (C=O) groups excluding carboxylic acids is 1. The van der Waals surface area contributed by atoms with Crippen molar-refractivity contribution < 1.29 is 4.79 Å². The molecule has 0 saturated carbocycles. The minimum atomic E-state index is -0.558. The standard InChI is InChI=1S/C9H13N3O/c1-6-2-3-7(5-10)4-8(6)12-9(11)13/h2-4H,5,10H2,1H3,(H3,11,12,13). The second-order valence-electron chi connectivity index (χ2n) is 2.84. The molecule has 0 atom stereocenters. The summed E-state index contributed by atoms with van der Waals surface area (Å²) in [6.07, 6.45) is 0. The van der Waals surface area contributed by atoms with Gasteiger partial charge in [0, 0.05) is 12.2 Å². The average Bonchev–Trinajstić information content (AvgIpc) is 2.08. The maximum Gasteiger partial charge on any atom is 0.316 e. The van der Waals surface area contributed by atoms with E-state index in [9.17, 15) is 4.79 Å². The van der Waals surface area contributed by atoms with Crippen LogP contribution >= 0.6 is 0 Å². The van der Waals surface area contributed by atoms with Crippen molar-refractivity contribution in [2.24, 2.45) is 11.5 Å². The van der Waals surface area contributed by atoms with Gasteiger partial charge in [0.2, 0.25) is 0 Å². The molecule has 0 bridgehead atoms. The third kappa shape index (κ3) is 2.45. The van der Waals surface area contributed by atoms with E-state index in [0.717, 1.165) is 16.8 Å². The minimum Gasteiger partial charge on any atom is -0.351 e. The van der Waals surface area contributed by atoms with Gasteiger partial charge < -0.3 is 16.8 Å². The molecule has 0 aliphatic rings. The number of nitrogens with two attached hydrogens (primary N) is 2. The van der Waals surface area contributed by atoms with Crippen LogP contribution in [0.3, 0.4) is 0 Å². The number of hydrogen-bond acceptors (Lipinski definition) is 2. The molecule has 0 unspecified atom stereocenters. The molecule has 1 rings (SSSR count). The zero-order valence-corrected chi connectivity index (χ0v) is 7.50. The topological polar surface area (TPSA) is 81.1 Å². The molecule has 0 aliphatic heterocycles. The Kier molecular flexibility index (Phi) is 2.87. The van der Waals surface area contributed by atoms with Crippen LogP contribution in [0.1, 0.15) is 11.1 Å². The zero-order chi connectivity index (χ0) is 9.84. The van der Waals surface area contributed by atoms with Crippen LogP contribution in [-0.2, 0) is 6.54 Å². The van der Waals surface area contributed by atoms with Gasteiger partial charge in [-0.1, -0.05) is 12.1 Å². The first-order valence-corrected chi connectivity index (χ1v) is 3.99. The Balaban J connectivity index is 2.96. The van der Waals surface area contributed by atoms with Crippen LogP contribution in [0.15, 0.2) is 18.2 Å². The molecule has 0 radical (unpaired) electrons. The number of benzene rings is 1. The van der Waals surface area contributed by atoms with Crippen LogP contribution in [0, 0.1) is 6.92 Å². The molecule has 0 spiro atoms. The molecule has 5 N–H and O–H groups in total. The smallest absolute Gasteiger partial charge is 0.316 e. The third-order valence-electron chi connectivity index (χ3n) is 1.80. The molecule has 0 heterocycles.